The SMILES string of the molecule is COc1cc(C(O)C(=O)O)c(OC)cc1Br. The number of aliphatic hydroxyl groups is 1. The first-order chi connectivity index (χ1) is 7.51. The van der Waals surface area contributed by atoms with Gasteiger partial charge in [-0.3, -0.25) is 0 Å². The first kappa shape index (κ1) is 12.8. The molecule has 1 aromatic rings. The van der Waals surface area contributed by atoms with E-state index in [0.29, 0.717) is 10.2 Å². The number of carbonyl (C=O) groups is 1. The summed E-state index contributed by atoms with van der Waals surface area (Å²) in [5, 5.41) is 18.2. The van der Waals surface area contributed by atoms with Crippen LogP contribution in [-0.4, -0.2) is 30.4 Å². The highest BCUT2D eigenvalue weighted by Crippen LogP contribution is 2.35. The molecule has 1 rings (SSSR count). The number of rotatable bonds is 4. The van der Waals surface area contributed by atoms with E-state index in [1.807, 2.05) is 0 Å². The molecule has 5 nitrogen and oxygen atoms in total. The van der Waals surface area contributed by atoms with Gasteiger partial charge >= 0.3 is 5.97 Å². The van der Waals surface area contributed by atoms with Crippen LogP contribution in [-0.2, 0) is 4.79 Å². The zero-order valence-electron chi connectivity index (χ0n) is 8.73. The molecular weight excluding hydrogens is 280 g/mol. The van der Waals surface area contributed by atoms with Gasteiger partial charge in [-0.05, 0) is 28.1 Å². The average Bonchev–Trinajstić information content (AvgIpc) is 2.27. The molecule has 0 amide bonds. The zero-order chi connectivity index (χ0) is 12.3. The number of methoxy groups -OCH3 is 2. The van der Waals surface area contributed by atoms with Crippen LogP contribution < -0.4 is 9.47 Å². The van der Waals surface area contributed by atoms with Gasteiger partial charge in [-0.2, -0.15) is 0 Å². The van der Waals surface area contributed by atoms with E-state index >= 15 is 0 Å². The molecule has 6 heteroatoms. The molecule has 2 N–H and O–H groups in total. The summed E-state index contributed by atoms with van der Waals surface area (Å²) in [6.07, 6.45) is -1.64. The van der Waals surface area contributed by atoms with Crippen LogP contribution in [0.15, 0.2) is 16.6 Å². The van der Waals surface area contributed by atoms with Crippen LogP contribution in [0.2, 0.25) is 0 Å². The monoisotopic (exact) mass is 290 g/mol. The molecule has 0 radical (unpaired) electrons. The highest BCUT2D eigenvalue weighted by Gasteiger charge is 2.22. The maximum atomic E-state index is 10.7. The number of halogens is 1. The van der Waals surface area contributed by atoms with E-state index in [1.54, 1.807) is 6.07 Å². The molecule has 0 saturated carbocycles. The van der Waals surface area contributed by atoms with Gasteiger partial charge in [0.2, 0.25) is 0 Å². The molecule has 0 saturated heterocycles. The van der Waals surface area contributed by atoms with E-state index in [-0.39, 0.29) is 11.3 Å². The summed E-state index contributed by atoms with van der Waals surface area (Å²) in [5.74, 6) is -0.638. The molecule has 88 valence electrons. The van der Waals surface area contributed by atoms with Crippen LogP contribution in [0, 0.1) is 0 Å². The van der Waals surface area contributed by atoms with Gasteiger partial charge in [-0.15, -0.1) is 0 Å². The molecule has 0 bridgehead atoms. The Labute approximate surface area is 101 Å². The quantitative estimate of drug-likeness (QED) is 0.881. The van der Waals surface area contributed by atoms with E-state index in [0.717, 1.165) is 0 Å². The molecule has 16 heavy (non-hydrogen) atoms. The second-order valence-electron chi connectivity index (χ2n) is 2.97. The third-order valence-electron chi connectivity index (χ3n) is 2.03. The minimum Gasteiger partial charge on any atom is -0.496 e. The number of hydrogen-bond donors (Lipinski definition) is 2. The van der Waals surface area contributed by atoms with Crippen LogP contribution in [0.5, 0.6) is 11.5 Å². The molecule has 1 unspecified atom stereocenters. The summed E-state index contributed by atoms with van der Waals surface area (Å²) in [4.78, 5) is 10.7. The van der Waals surface area contributed by atoms with E-state index < -0.39 is 12.1 Å². The summed E-state index contributed by atoms with van der Waals surface area (Å²) in [6, 6.07) is 2.96. The van der Waals surface area contributed by atoms with Crippen molar-refractivity contribution in [2.24, 2.45) is 0 Å². The third-order valence-corrected chi connectivity index (χ3v) is 2.65. The highest BCUT2D eigenvalue weighted by atomic mass is 79.9. The Morgan fingerprint density at radius 1 is 1.31 bits per heavy atom. The van der Waals surface area contributed by atoms with E-state index in [9.17, 15) is 9.90 Å². The first-order valence-electron chi connectivity index (χ1n) is 4.33. The summed E-state index contributed by atoms with van der Waals surface area (Å²) in [5.41, 5.74) is 0.148. The lowest BCUT2D eigenvalue weighted by Gasteiger charge is -2.14. The zero-order valence-corrected chi connectivity index (χ0v) is 10.3. The maximum Gasteiger partial charge on any atom is 0.337 e. The van der Waals surface area contributed by atoms with Crippen molar-refractivity contribution in [3.8, 4) is 11.5 Å². The lowest BCUT2D eigenvalue weighted by Crippen LogP contribution is -2.12. The predicted molar refractivity (Wildman–Crippen MR) is 59.8 cm³/mol. The fraction of sp³-hybridized carbons (Fsp3) is 0.300. The predicted octanol–water partition coefficient (Wildman–Crippen LogP) is 1.58. The fourth-order valence-corrected chi connectivity index (χ4v) is 1.72. The number of carboxylic acid groups (broad SMARTS) is 1. The molecule has 0 aromatic heterocycles. The molecule has 1 atom stereocenters. The van der Waals surface area contributed by atoms with Crippen molar-refractivity contribution in [3.63, 3.8) is 0 Å². The van der Waals surface area contributed by atoms with Crippen molar-refractivity contribution in [3.05, 3.63) is 22.2 Å². The van der Waals surface area contributed by atoms with Crippen LogP contribution >= 0.6 is 15.9 Å². The van der Waals surface area contributed by atoms with E-state index in [1.165, 1.54) is 20.3 Å². The van der Waals surface area contributed by atoms with Crippen LogP contribution in [0.3, 0.4) is 0 Å². The third kappa shape index (κ3) is 2.45. The standard InChI is InChI=1S/C10H11BrO5/c1-15-7-4-6(11)8(16-2)3-5(7)9(12)10(13)14/h3-4,9,12H,1-2H3,(H,13,14). The molecule has 0 fully saturated rings. The molecule has 1 aromatic carbocycles. The number of hydrogen-bond acceptors (Lipinski definition) is 4. The molecule has 0 aliphatic heterocycles. The molecular formula is C10H11BrO5. The van der Waals surface area contributed by atoms with Gasteiger partial charge < -0.3 is 19.7 Å². The summed E-state index contributed by atoms with van der Waals surface area (Å²) in [6.45, 7) is 0. The van der Waals surface area contributed by atoms with Gasteiger partial charge in [0.15, 0.2) is 6.10 Å². The summed E-state index contributed by atoms with van der Waals surface area (Å²) < 4.78 is 10.6. The lowest BCUT2D eigenvalue weighted by atomic mass is 10.1. The maximum absolute atomic E-state index is 10.7. The Morgan fingerprint density at radius 2 is 1.88 bits per heavy atom. The fourth-order valence-electron chi connectivity index (χ4n) is 1.23. The molecule has 0 heterocycles. The van der Waals surface area contributed by atoms with Crippen molar-refractivity contribution in [1.82, 2.24) is 0 Å². The van der Waals surface area contributed by atoms with Gasteiger partial charge in [0.25, 0.3) is 0 Å². The Balaban J connectivity index is 3.29. The molecule has 0 aliphatic carbocycles. The van der Waals surface area contributed by atoms with Crippen molar-refractivity contribution < 1.29 is 24.5 Å². The lowest BCUT2D eigenvalue weighted by molar-refractivity contribution is -0.147. The number of ether oxygens (including phenoxy) is 2. The minimum absolute atomic E-state index is 0.148. The van der Waals surface area contributed by atoms with Crippen molar-refractivity contribution >= 4 is 21.9 Å². The topological polar surface area (TPSA) is 76.0 Å². The summed E-state index contributed by atoms with van der Waals surface area (Å²) in [7, 11) is 2.84. The Morgan fingerprint density at radius 3 is 2.31 bits per heavy atom. The van der Waals surface area contributed by atoms with Crippen LogP contribution in [0.1, 0.15) is 11.7 Å². The second-order valence-corrected chi connectivity index (χ2v) is 3.82. The average molecular weight is 291 g/mol. The largest absolute Gasteiger partial charge is 0.496 e. The number of aliphatic carboxylic acids is 1. The molecule has 0 aliphatic rings. The first-order valence-corrected chi connectivity index (χ1v) is 5.12. The highest BCUT2D eigenvalue weighted by molar-refractivity contribution is 9.10. The molecule has 0 spiro atoms. The number of benzene rings is 1. The van der Waals surface area contributed by atoms with Crippen molar-refractivity contribution in [1.29, 1.82) is 0 Å². The van der Waals surface area contributed by atoms with Crippen LogP contribution in [0.25, 0.3) is 0 Å². The smallest absolute Gasteiger partial charge is 0.337 e. The Kier molecular flexibility index (Phi) is 4.14. The number of carboxylic acids is 1. The minimum atomic E-state index is -1.64. The van der Waals surface area contributed by atoms with Gasteiger partial charge in [0, 0.05) is 5.56 Å². The van der Waals surface area contributed by atoms with E-state index in [4.69, 9.17) is 14.6 Å². The van der Waals surface area contributed by atoms with Gasteiger partial charge in [0.05, 0.1) is 18.7 Å². The van der Waals surface area contributed by atoms with Gasteiger partial charge in [-0.1, -0.05) is 0 Å². The van der Waals surface area contributed by atoms with Crippen LogP contribution in [0.4, 0.5) is 0 Å². The van der Waals surface area contributed by atoms with Crippen molar-refractivity contribution in [2.75, 3.05) is 14.2 Å². The Hall–Kier alpha value is -1.27. The van der Waals surface area contributed by atoms with Crippen molar-refractivity contribution in [2.45, 2.75) is 6.10 Å². The second kappa shape index (κ2) is 5.18. The Bertz CT molecular complexity index is 404. The van der Waals surface area contributed by atoms with Gasteiger partial charge in [-0.25, -0.2) is 4.79 Å². The summed E-state index contributed by atoms with van der Waals surface area (Å²) >= 11 is 3.23. The normalized spacial score (nSPS) is 12.0. The van der Waals surface area contributed by atoms with E-state index in [2.05, 4.69) is 15.9 Å². The van der Waals surface area contributed by atoms with Gasteiger partial charge in [0.1, 0.15) is 11.5 Å². The number of aliphatic hydroxyl groups excluding tert-OH is 1.